The van der Waals surface area contributed by atoms with Crippen molar-refractivity contribution < 1.29 is 22.4 Å². The zero-order valence-electron chi connectivity index (χ0n) is 21.7. The van der Waals surface area contributed by atoms with Gasteiger partial charge >= 0.3 is 0 Å². The number of amides is 2. The third kappa shape index (κ3) is 7.15. The summed E-state index contributed by atoms with van der Waals surface area (Å²) in [6, 6.07) is -0.265. The van der Waals surface area contributed by atoms with Gasteiger partial charge in [-0.15, -0.1) is 11.6 Å². The van der Waals surface area contributed by atoms with E-state index < -0.39 is 21.9 Å². The quantitative estimate of drug-likeness (QED) is 0.422. The minimum Gasteiger partial charge on any atom is -0.353 e. The molecule has 0 aromatic carbocycles. The first-order valence-electron chi connectivity index (χ1n) is 14.3. The minimum absolute atomic E-state index is 0.0127. The Hall–Kier alpha value is -0.890. The highest BCUT2D eigenvalue weighted by atomic mass is 35.5. The summed E-state index contributed by atoms with van der Waals surface area (Å²) >= 11 is 6.52. The van der Waals surface area contributed by atoms with Crippen LogP contribution in [0.1, 0.15) is 96.8 Å². The molecule has 206 valence electrons. The van der Waals surface area contributed by atoms with E-state index in [0.717, 1.165) is 51.4 Å². The van der Waals surface area contributed by atoms with Gasteiger partial charge in [0.25, 0.3) is 0 Å². The van der Waals surface area contributed by atoms with Gasteiger partial charge in [-0.1, -0.05) is 12.8 Å². The monoisotopic (exact) mass is 546 g/mol. The van der Waals surface area contributed by atoms with Gasteiger partial charge in [-0.3, -0.25) is 9.59 Å². The normalized spacial score (nSPS) is 35.7. The Bertz CT molecular complexity index is 875. The Balaban J connectivity index is 1.20. The molecule has 0 bridgehead atoms. The molecular weight excluding hydrogens is 503 g/mol. The molecule has 4 aliphatic carbocycles. The summed E-state index contributed by atoms with van der Waals surface area (Å²) in [5.74, 6) is 0.0362. The first-order valence-corrected chi connectivity index (χ1v) is 16.4. The molecule has 0 heterocycles. The van der Waals surface area contributed by atoms with Gasteiger partial charge in [0.05, 0.1) is 22.3 Å². The number of halogens is 2. The van der Waals surface area contributed by atoms with Crippen LogP contribution in [0.5, 0.6) is 0 Å². The van der Waals surface area contributed by atoms with Gasteiger partial charge in [-0.2, -0.15) is 0 Å². The molecule has 5 unspecified atom stereocenters. The van der Waals surface area contributed by atoms with E-state index in [9.17, 15) is 18.0 Å². The molecule has 1 N–H and O–H groups in total. The van der Waals surface area contributed by atoms with Crippen LogP contribution in [0.4, 0.5) is 4.39 Å². The van der Waals surface area contributed by atoms with E-state index in [2.05, 4.69) is 5.32 Å². The van der Waals surface area contributed by atoms with Crippen molar-refractivity contribution in [3.63, 3.8) is 0 Å². The third-order valence-corrected chi connectivity index (χ3v) is 12.0. The second kappa shape index (κ2) is 12.3. The van der Waals surface area contributed by atoms with Crippen LogP contribution in [0.2, 0.25) is 0 Å². The highest BCUT2D eigenvalue weighted by molar-refractivity contribution is 7.92. The Morgan fingerprint density at radius 2 is 1.61 bits per heavy atom. The van der Waals surface area contributed by atoms with Crippen LogP contribution in [-0.2, 0) is 19.4 Å². The lowest BCUT2D eigenvalue weighted by Gasteiger charge is -2.40. The molecule has 2 amide bonds. The number of rotatable bonds is 9. The maximum atomic E-state index is 15.2. The van der Waals surface area contributed by atoms with E-state index in [1.807, 2.05) is 6.92 Å². The van der Waals surface area contributed by atoms with Crippen molar-refractivity contribution >= 4 is 33.3 Å². The fourth-order valence-corrected chi connectivity index (χ4v) is 9.37. The van der Waals surface area contributed by atoms with Crippen LogP contribution >= 0.6 is 11.6 Å². The second-order valence-electron chi connectivity index (χ2n) is 11.8. The maximum Gasteiger partial charge on any atom is 0.228 e. The van der Waals surface area contributed by atoms with Gasteiger partial charge in [0.1, 0.15) is 6.17 Å². The summed E-state index contributed by atoms with van der Waals surface area (Å²) in [4.78, 5) is 27.7. The van der Waals surface area contributed by atoms with Crippen LogP contribution in [0, 0.1) is 17.8 Å². The topological polar surface area (TPSA) is 83.6 Å². The SMILES string of the molecule is CCN(C(=O)C1CCC(NC(=O)CC2CCC(S(=O)(=O)CC3CC3)CC2)CC1F)C1CCCCC1Cl. The van der Waals surface area contributed by atoms with Crippen LogP contribution in [0.15, 0.2) is 0 Å². The predicted molar refractivity (Wildman–Crippen MR) is 140 cm³/mol. The van der Waals surface area contributed by atoms with Crippen molar-refractivity contribution in [2.24, 2.45) is 17.8 Å². The number of hydrogen-bond acceptors (Lipinski definition) is 4. The summed E-state index contributed by atoms with van der Waals surface area (Å²) in [5, 5.41) is 2.69. The van der Waals surface area contributed by atoms with Gasteiger partial charge in [-0.25, -0.2) is 12.8 Å². The van der Waals surface area contributed by atoms with E-state index in [-0.39, 0.29) is 46.9 Å². The minimum atomic E-state index is -3.01. The Kier molecular flexibility index (Phi) is 9.62. The molecule has 0 spiro atoms. The molecule has 0 saturated heterocycles. The van der Waals surface area contributed by atoms with E-state index in [4.69, 9.17) is 11.6 Å². The van der Waals surface area contributed by atoms with E-state index >= 15 is 4.39 Å². The average Bonchev–Trinajstić information content (AvgIpc) is 3.64. The standard InChI is InChI=1S/C27H44ClFN2O4S/c1-2-31(25-6-4-3-5-23(25)28)27(33)22-14-11-20(16-24(22)29)30-26(32)15-18-9-12-21(13-10-18)36(34,35)17-19-7-8-19/h18-25H,2-17H2,1H3,(H,30,32). The summed E-state index contributed by atoms with van der Waals surface area (Å²) in [7, 11) is -3.01. The molecule has 0 aliphatic heterocycles. The molecular formula is C27H44ClFN2O4S. The molecule has 4 rings (SSSR count). The molecule has 0 radical (unpaired) electrons. The highest BCUT2D eigenvalue weighted by Crippen LogP contribution is 2.37. The fourth-order valence-electron chi connectivity index (χ4n) is 6.70. The lowest BCUT2D eigenvalue weighted by atomic mass is 9.82. The van der Waals surface area contributed by atoms with E-state index in [0.29, 0.717) is 50.3 Å². The van der Waals surface area contributed by atoms with Crippen molar-refractivity contribution in [2.45, 2.75) is 126 Å². The Morgan fingerprint density at radius 3 is 2.22 bits per heavy atom. The molecule has 0 aromatic heterocycles. The lowest BCUT2D eigenvalue weighted by Crippen LogP contribution is -2.52. The summed E-state index contributed by atoms with van der Waals surface area (Å²) in [6.07, 6.45) is 9.07. The molecule has 4 fully saturated rings. The number of alkyl halides is 2. The van der Waals surface area contributed by atoms with Crippen molar-refractivity contribution in [1.82, 2.24) is 10.2 Å². The zero-order valence-corrected chi connectivity index (χ0v) is 23.2. The molecule has 0 aromatic rings. The number of nitrogens with one attached hydrogen (secondary N) is 1. The number of carbonyl (C=O) groups excluding carboxylic acids is 2. The van der Waals surface area contributed by atoms with Gasteiger partial charge in [0.2, 0.25) is 11.8 Å². The summed E-state index contributed by atoms with van der Waals surface area (Å²) in [6.45, 7) is 2.48. The van der Waals surface area contributed by atoms with Crippen LogP contribution in [-0.4, -0.2) is 66.3 Å². The molecule has 4 saturated carbocycles. The smallest absolute Gasteiger partial charge is 0.228 e. The van der Waals surface area contributed by atoms with E-state index in [1.54, 1.807) is 4.90 Å². The molecule has 36 heavy (non-hydrogen) atoms. The first kappa shape index (κ1) is 28.1. The van der Waals surface area contributed by atoms with Gasteiger partial charge in [0, 0.05) is 25.0 Å². The maximum absolute atomic E-state index is 15.2. The van der Waals surface area contributed by atoms with Crippen molar-refractivity contribution in [2.75, 3.05) is 12.3 Å². The van der Waals surface area contributed by atoms with E-state index in [1.165, 1.54) is 0 Å². The number of carbonyl (C=O) groups is 2. The van der Waals surface area contributed by atoms with Crippen LogP contribution in [0.25, 0.3) is 0 Å². The molecule has 5 atom stereocenters. The average molecular weight is 547 g/mol. The van der Waals surface area contributed by atoms with Crippen molar-refractivity contribution in [1.29, 1.82) is 0 Å². The number of hydrogen-bond donors (Lipinski definition) is 1. The summed E-state index contributed by atoms with van der Waals surface area (Å²) in [5.41, 5.74) is 0. The second-order valence-corrected chi connectivity index (χ2v) is 14.7. The fraction of sp³-hybridized carbons (Fsp3) is 0.926. The van der Waals surface area contributed by atoms with Crippen LogP contribution < -0.4 is 5.32 Å². The van der Waals surface area contributed by atoms with Gasteiger partial charge in [-0.05, 0) is 89.4 Å². The van der Waals surface area contributed by atoms with Gasteiger partial charge in [0.15, 0.2) is 9.84 Å². The third-order valence-electron chi connectivity index (χ3n) is 9.07. The number of sulfone groups is 1. The highest BCUT2D eigenvalue weighted by Gasteiger charge is 2.41. The Labute approximate surface area is 221 Å². The first-order chi connectivity index (χ1) is 17.2. The van der Waals surface area contributed by atoms with Gasteiger partial charge < -0.3 is 10.2 Å². The van der Waals surface area contributed by atoms with Crippen molar-refractivity contribution in [3.05, 3.63) is 0 Å². The molecule has 9 heteroatoms. The predicted octanol–water partition coefficient (Wildman–Crippen LogP) is 4.78. The van der Waals surface area contributed by atoms with Crippen LogP contribution in [0.3, 0.4) is 0 Å². The summed E-state index contributed by atoms with van der Waals surface area (Å²) < 4.78 is 40.3. The largest absolute Gasteiger partial charge is 0.353 e. The molecule has 6 nitrogen and oxygen atoms in total. The van der Waals surface area contributed by atoms with Crippen molar-refractivity contribution in [3.8, 4) is 0 Å². The zero-order chi connectivity index (χ0) is 25.9. The molecule has 4 aliphatic rings. The Morgan fingerprint density at radius 1 is 0.944 bits per heavy atom. The number of nitrogens with zero attached hydrogens (tertiary/aromatic N) is 1. The lowest BCUT2D eigenvalue weighted by molar-refractivity contribution is -0.142.